The van der Waals surface area contributed by atoms with E-state index in [-0.39, 0.29) is 0 Å². The van der Waals surface area contributed by atoms with Crippen LogP contribution >= 0.6 is 23.2 Å². The maximum Gasteiger partial charge on any atom is 0.153 e. The Hall–Kier alpha value is -2.10. The highest BCUT2D eigenvalue weighted by Crippen LogP contribution is 2.33. The number of nitrogens with zero attached hydrogens (tertiary/aromatic N) is 2. The van der Waals surface area contributed by atoms with Crippen LogP contribution in [0.15, 0.2) is 54.7 Å². The third kappa shape index (κ3) is 3.38. The lowest BCUT2D eigenvalue weighted by Gasteiger charge is -2.11. The summed E-state index contributed by atoms with van der Waals surface area (Å²) in [5.41, 5.74) is 2.52. The number of aryl methyl sites for hydroxylation is 1. The molecule has 110 valence electrons. The van der Waals surface area contributed by atoms with Gasteiger partial charge in [0.1, 0.15) is 16.6 Å². The average Bonchev–Trinajstić information content (AvgIpc) is 2.49. The number of pyridine rings is 2. The maximum absolute atomic E-state index is 6.07. The van der Waals surface area contributed by atoms with E-state index < -0.39 is 0 Å². The van der Waals surface area contributed by atoms with Crippen molar-refractivity contribution in [1.82, 2.24) is 9.97 Å². The van der Waals surface area contributed by atoms with E-state index in [0.717, 1.165) is 17.0 Å². The summed E-state index contributed by atoms with van der Waals surface area (Å²) < 4.78 is 5.91. The van der Waals surface area contributed by atoms with E-state index in [9.17, 15) is 0 Å². The molecule has 0 spiro atoms. The van der Waals surface area contributed by atoms with Gasteiger partial charge in [-0.3, -0.25) is 0 Å². The molecule has 0 unspecified atom stereocenters. The van der Waals surface area contributed by atoms with Crippen molar-refractivity contribution in [3.05, 3.63) is 70.6 Å². The molecule has 0 amide bonds. The quantitative estimate of drug-likeness (QED) is 0.590. The van der Waals surface area contributed by atoms with Crippen LogP contribution in [-0.2, 0) is 0 Å². The molecule has 0 saturated heterocycles. The van der Waals surface area contributed by atoms with Crippen molar-refractivity contribution in [2.45, 2.75) is 6.92 Å². The molecule has 3 nitrogen and oxygen atoms in total. The minimum atomic E-state index is 0.377. The van der Waals surface area contributed by atoms with Crippen LogP contribution in [0.25, 0.3) is 11.3 Å². The lowest BCUT2D eigenvalue weighted by Crippen LogP contribution is -1.93. The molecular formula is C17H12Cl2N2O. The number of hydrogen-bond donors (Lipinski definition) is 0. The molecule has 3 rings (SSSR count). The van der Waals surface area contributed by atoms with Gasteiger partial charge in [0.2, 0.25) is 0 Å². The molecule has 22 heavy (non-hydrogen) atoms. The molecule has 3 aromatic rings. The number of hydrogen-bond acceptors (Lipinski definition) is 3. The van der Waals surface area contributed by atoms with E-state index in [1.54, 1.807) is 18.3 Å². The first kappa shape index (κ1) is 14.8. The first-order valence-corrected chi connectivity index (χ1v) is 7.40. The molecular weight excluding hydrogens is 319 g/mol. The summed E-state index contributed by atoms with van der Waals surface area (Å²) in [7, 11) is 0. The van der Waals surface area contributed by atoms with Gasteiger partial charge in [0, 0.05) is 28.5 Å². The Balaban J connectivity index is 2.05. The smallest absolute Gasteiger partial charge is 0.153 e. The Morgan fingerprint density at radius 3 is 2.64 bits per heavy atom. The second-order valence-corrected chi connectivity index (χ2v) is 5.55. The van der Waals surface area contributed by atoms with Gasteiger partial charge < -0.3 is 4.74 Å². The maximum atomic E-state index is 6.07. The van der Waals surface area contributed by atoms with E-state index in [4.69, 9.17) is 27.9 Å². The van der Waals surface area contributed by atoms with Crippen molar-refractivity contribution in [2.24, 2.45) is 0 Å². The van der Waals surface area contributed by atoms with Gasteiger partial charge in [-0.2, -0.15) is 0 Å². The molecule has 5 heteroatoms. The summed E-state index contributed by atoms with van der Waals surface area (Å²) in [5, 5.41) is 1.03. The third-order valence-electron chi connectivity index (χ3n) is 3.02. The first-order chi connectivity index (χ1) is 10.6. The van der Waals surface area contributed by atoms with Crippen molar-refractivity contribution in [3.8, 4) is 22.8 Å². The molecule has 0 atom stereocenters. The van der Waals surface area contributed by atoms with E-state index in [2.05, 4.69) is 9.97 Å². The molecule has 0 saturated carbocycles. The lowest BCUT2D eigenvalue weighted by atomic mass is 10.1. The number of benzene rings is 1. The van der Waals surface area contributed by atoms with Crippen molar-refractivity contribution in [3.63, 3.8) is 0 Å². The van der Waals surface area contributed by atoms with Gasteiger partial charge in [-0.05, 0) is 37.3 Å². The van der Waals surface area contributed by atoms with Gasteiger partial charge in [0.05, 0.1) is 0 Å². The minimum absolute atomic E-state index is 0.377. The second-order valence-electron chi connectivity index (χ2n) is 4.73. The summed E-state index contributed by atoms with van der Waals surface area (Å²) in [5.74, 6) is 1.24. The topological polar surface area (TPSA) is 35.0 Å². The number of halogens is 2. The molecule has 2 heterocycles. The number of rotatable bonds is 3. The van der Waals surface area contributed by atoms with Crippen molar-refractivity contribution < 1.29 is 4.74 Å². The lowest BCUT2D eigenvalue weighted by molar-refractivity contribution is 0.481. The van der Waals surface area contributed by atoms with Crippen molar-refractivity contribution in [1.29, 1.82) is 0 Å². The Labute approximate surface area is 138 Å². The van der Waals surface area contributed by atoms with Gasteiger partial charge in [-0.15, -0.1) is 0 Å². The molecule has 2 aromatic heterocycles. The predicted octanol–water partition coefficient (Wildman–Crippen LogP) is 5.55. The van der Waals surface area contributed by atoms with Crippen LogP contribution in [0.1, 0.15) is 5.69 Å². The van der Waals surface area contributed by atoms with Crippen LogP contribution < -0.4 is 4.74 Å². The Morgan fingerprint density at radius 1 is 1.00 bits per heavy atom. The van der Waals surface area contributed by atoms with Gasteiger partial charge in [-0.1, -0.05) is 35.3 Å². The van der Waals surface area contributed by atoms with Gasteiger partial charge in [0.25, 0.3) is 0 Å². The van der Waals surface area contributed by atoms with Crippen LogP contribution in [0.4, 0.5) is 0 Å². The normalized spacial score (nSPS) is 10.5. The zero-order valence-corrected chi connectivity index (χ0v) is 13.3. The van der Waals surface area contributed by atoms with Crippen LogP contribution in [0.2, 0.25) is 10.2 Å². The van der Waals surface area contributed by atoms with Crippen LogP contribution in [0.5, 0.6) is 11.5 Å². The first-order valence-electron chi connectivity index (χ1n) is 6.65. The van der Waals surface area contributed by atoms with Crippen molar-refractivity contribution in [2.75, 3.05) is 0 Å². The van der Waals surface area contributed by atoms with E-state index in [1.807, 2.05) is 43.3 Å². The van der Waals surface area contributed by atoms with Crippen molar-refractivity contribution >= 4 is 23.2 Å². The Morgan fingerprint density at radius 2 is 1.86 bits per heavy atom. The highest BCUT2D eigenvalue weighted by atomic mass is 35.5. The van der Waals surface area contributed by atoms with E-state index in [0.29, 0.717) is 21.7 Å². The van der Waals surface area contributed by atoms with Crippen LogP contribution in [0, 0.1) is 6.92 Å². The summed E-state index contributed by atoms with van der Waals surface area (Å²) in [4.78, 5) is 8.51. The zero-order valence-electron chi connectivity index (χ0n) is 11.8. The fraction of sp³-hybridized carbons (Fsp3) is 0.0588. The van der Waals surface area contributed by atoms with E-state index >= 15 is 0 Å². The third-order valence-corrected chi connectivity index (χ3v) is 3.46. The predicted molar refractivity (Wildman–Crippen MR) is 88.7 cm³/mol. The standard InChI is InChI=1S/C17H12Cl2N2O/c1-11-5-6-15(22-14-7-8-20-16(19)10-14)17(21-11)12-3-2-4-13(18)9-12/h2-10H,1H3. The summed E-state index contributed by atoms with van der Waals surface area (Å²) in [6, 6.07) is 14.7. The molecule has 0 N–H and O–H groups in total. The molecule has 1 aromatic carbocycles. The average molecular weight is 331 g/mol. The van der Waals surface area contributed by atoms with Crippen LogP contribution in [-0.4, -0.2) is 9.97 Å². The minimum Gasteiger partial charge on any atom is -0.455 e. The summed E-state index contributed by atoms with van der Waals surface area (Å²) in [6.07, 6.45) is 1.60. The van der Waals surface area contributed by atoms with E-state index in [1.165, 1.54) is 0 Å². The second kappa shape index (κ2) is 6.34. The largest absolute Gasteiger partial charge is 0.455 e. The summed E-state index contributed by atoms with van der Waals surface area (Å²) in [6.45, 7) is 1.93. The van der Waals surface area contributed by atoms with Gasteiger partial charge in [-0.25, -0.2) is 9.97 Å². The van der Waals surface area contributed by atoms with Crippen LogP contribution in [0.3, 0.4) is 0 Å². The molecule has 0 radical (unpaired) electrons. The molecule has 0 aliphatic rings. The Bertz CT molecular complexity index is 821. The zero-order chi connectivity index (χ0) is 15.5. The highest BCUT2D eigenvalue weighted by Gasteiger charge is 2.10. The fourth-order valence-corrected chi connectivity index (χ4v) is 2.40. The van der Waals surface area contributed by atoms with Gasteiger partial charge in [0.15, 0.2) is 5.75 Å². The highest BCUT2D eigenvalue weighted by molar-refractivity contribution is 6.30. The molecule has 0 fully saturated rings. The number of ether oxygens (including phenoxy) is 1. The monoisotopic (exact) mass is 330 g/mol. The molecule has 0 bridgehead atoms. The molecule has 0 aliphatic heterocycles. The SMILES string of the molecule is Cc1ccc(Oc2ccnc(Cl)c2)c(-c2cccc(Cl)c2)n1. The molecule has 0 aliphatic carbocycles. The summed E-state index contributed by atoms with van der Waals surface area (Å²) >= 11 is 12.0. The fourth-order valence-electron chi connectivity index (χ4n) is 2.04. The number of aromatic nitrogens is 2. The Kier molecular flexibility index (Phi) is 4.27. The van der Waals surface area contributed by atoms with Gasteiger partial charge >= 0.3 is 0 Å².